The molecule has 100 valence electrons. The standard InChI is InChI=1S/C15H16ClNOS/c16-15-6-3-12(19-15)7-8-17-14-5-1-10-9-11(18)2-4-13(10)14/h2-4,6,9,14,17-18H,1,5,7-8H2. The quantitative estimate of drug-likeness (QED) is 0.895. The molecule has 1 unspecified atom stereocenters. The summed E-state index contributed by atoms with van der Waals surface area (Å²) < 4.78 is 0.858. The minimum absolute atomic E-state index is 0.368. The van der Waals surface area contributed by atoms with Gasteiger partial charge >= 0.3 is 0 Å². The summed E-state index contributed by atoms with van der Waals surface area (Å²) in [7, 11) is 0. The van der Waals surface area contributed by atoms with Gasteiger partial charge in [-0.1, -0.05) is 17.7 Å². The third-order valence-corrected chi connectivity index (χ3v) is 4.89. The molecule has 2 N–H and O–H groups in total. The molecule has 1 aliphatic carbocycles. The smallest absolute Gasteiger partial charge is 0.115 e. The molecule has 3 rings (SSSR count). The molecule has 1 atom stereocenters. The van der Waals surface area contributed by atoms with Crippen LogP contribution in [0.1, 0.15) is 28.5 Å². The Morgan fingerprint density at radius 2 is 2.21 bits per heavy atom. The van der Waals surface area contributed by atoms with E-state index in [2.05, 4.69) is 11.4 Å². The second-order valence-electron chi connectivity index (χ2n) is 4.88. The number of thiophene rings is 1. The highest BCUT2D eigenvalue weighted by Gasteiger charge is 2.21. The lowest BCUT2D eigenvalue weighted by Crippen LogP contribution is -2.21. The minimum Gasteiger partial charge on any atom is -0.508 e. The molecule has 0 fully saturated rings. The Bertz CT molecular complexity index is 581. The first-order valence-corrected chi connectivity index (χ1v) is 7.71. The van der Waals surface area contributed by atoms with Gasteiger partial charge in [0.2, 0.25) is 0 Å². The van der Waals surface area contributed by atoms with Gasteiger partial charge in [-0.2, -0.15) is 0 Å². The number of benzene rings is 1. The van der Waals surface area contributed by atoms with Crippen molar-refractivity contribution in [3.63, 3.8) is 0 Å². The predicted octanol–water partition coefficient (Wildman–Crippen LogP) is 3.93. The molecule has 2 nitrogen and oxygen atoms in total. The van der Waals surface area contributed by atoms with Crippen molar-refractivity contribution in [2.24, 2.45) is 0 Å². The van der Waals surface area contributed by atoms with E-state index in [1.165, 1.54) is 16.0 Å². The molecule has 0 bridgehead atoms. The molecular weight excluding hydrogens is 278 g/mol. The molecule has 2 aromatic rings. The summed E-state index contributed by atoms with van der Waals surface area (Å²) in [6.45, 7) is 0.960. The fourth-order valence-electron chi connectivity index (χ4n) is 2.67. The number of fused-ring (bicyclic) bond motifs is 1. The Labute approximate surface area is 122 Å². The van der Waals surface area contributed by atoms with E-state index in [1.807, 2.05) is 18.2 Å². The molecule has 0 aliphatic heterocycles. The van der Waals surface area contributed by atoms with Crippen molar-refractivity contribution in [3.05, 3.63) is 50.7 Å². The highest BCUT2D eigenvalue weighted by Crippen LogP contribution is 2.33. The monoisotopic (exact) mass is 293 g/mol. The van der Waals surface area contributed by atoms with Gasteiger partial charge < -0.3 is 10.4 Å². The van der Waals surface area contributed by atoms with Crippen molar-refractivity contribution < 1.29 is 5.11 Å². The van der Waals surface area contributed by atoms with E-state index in [4.69, 9.17) is 11.6 Å². The SMILES string of the molecule is Oc1ccc2c(c1)CCC2NCCc1ccc(Cl)s1. The lowest BCUT2D eigenvalue weighted by atomic mass is 10.1. The third-order valence-electron chi connectivity index (χ3n) is 3.60. The molecule has 19 heavy (non-hydrogen) atoms. The number of hydrogen-bond acceptors (Lipinski definition) is 3. The van der Waals surface area contributed by atoms with Gasteiger partial charge in [0.25, 0.3) is 0 Å². The molecule has 1 aromatic carbocycles. The van der Waals surface area contributed by atoms with Crippen molar-refractivity contribution in [3.8, 4) is 5.75 Å². The van der Waals surface area contributed by atoms with Gasteiger partial charge in [0, 0.05) is 17.5 Å². The van der Waals surface area contributed by atoms with Gasteiger partial charge in [0.1, 0.15) is 5.75 Å². The molecule has 1 aromatic heterocycles. The molecule has 0 spiro atoms. The molecule has 0 saturated carbocycles. The fraction of sp³-hybridized carbons (Fsp3) is 0.333. The van der Waals surface area contributed by atoms with Crippen molar-refractivity contribution in [1.82, 2.24) is 5.32 Å². The van der Waals surface area contributed by atoms with Gasteiger partial charge in [0.15, 0.2) is 0 Å². The first-order valence-electron chi connectivity index (χ1n) is 6.52. The average molecular weight is 294 g/mol. The Morgan fingerprint density at radius 3 is 3.00 bits per heavy atom. The normalized spacial score (nSPS) is 17.6. The van der Waals surface area contributed by atoms with Crippen molar-refractivity contribution >= 4 is 22.9 Å². The number of rotatable bonds is 4. The van der Waals surface area contributed by atoms with Gasteiger partial charge in [-0.05, 0) is 54.7 Å². The number of nitrogens with one attached hydrogen (secondary N) is 1. The molecule has 0 saturated heterocycles. The Morgan fingerprint density at radius 1 is 1.32 bits per heavy atom. The molecule has 1 heterocycles. The van der Waals surface area contributed by atoms with Crippen molar-refractivity contribution in [2.45, 2.75) is 25.3 Å². The van der Waals surface area contributed by atoms with E-state index in [1.54, 1.807) is 17.4 Å². The van der Waals surface area contributed by atoms with E-state index < -0.39 is 0 Å². The summed E-state index contributed by atoms with van der Waals surface area (Å²) in [6.07, 6.45) is 3.18. The van der Waals surface area contributed by atoms with E-state index in [0.29, 0.717) is 11.8 Å². The summed E-state index contributed by atoms with van der Waals surface area (Å²) in [5.41, 5.74) is 2.61. The second-order valence-corrected chi connectivity index (χ2v) is 6.68. The Kier molecular flexibility index (Phi) is 3.78. The maximum Gasteiger partial charge on any atom is 0.115 e. The minimum atomic E-state index is 0.368. The van der Waals surface area contributed by atoms with Crippen molar-refractivity contribution in [1.29, 1.82) is 0 Å². The first kappa shape index (κ1) is 13.0. The van der Waals surface area contributed by atoms with Gasteiger partial charge in [-0.25, -0.2) is 0 Å². The second kappa shape index (κ2) is 5.53. The number of aryl methyl sites for hydroxylation is 1. The molecule has 4 heteroatoms. The van der Waals surface area contributed by atoms with Gasteiger partial charge in [-0.15, -0.1) is 11.3 Å². The van der Waals surface area contributed by atoms with Crippen LogP contribution in [0.15, 0.2) is 30.3 Å². The van der Waals surface area contributed by atoms with Crippen LogP contribution in [0.25, 0.3) is 0 Å². The van der Waals surface area contributed by atoms with Crippen LogP contribution in [0.2, 0.25) is 4.34 Å². The van der Waals surface area contributed by atoms with Crippen LogP contribution in [0.5, 0.6) is 5.75 Å². The summed E-state index contributed by atoms with van der Waals surface area (Å²) >= 11 is 7.57. The van der Waals surface area contributed by atoms with E-state index in [9.17, 15) is 5.11 Å². The van der Waals surface area contributed by atoms with Crippen LogP contribution >= 0.6 is 22.9 Å². The third kappa shape index (κ3) is 2.94. The van der Waals surface area contributed by atoms with Crippen LogP contribution in [0.4, 0.5) is 0 Å². The summed E-state index contributed by atoms with van der Waals surface area (Å²) in [4.78, 5) is 1.32. The summed E-state index contributed by atoms with van der Waals surface area (Å²) in [6, 6.07) is 10.2. The number of phenols is 1. The molecule has 0 radical (unpaired) electrons. The highest BCUT2D eigenvalue weighted by molar-refractivity contribution is 7.16. The Hall–Kier alpha value is -1.03. The number of halogens is 1. The fourth-order valence-corrected chi connectivity index (χ4v) is 3.76. The predicted molar refractivity (Wildman–Crippen MR) is 80.2 cm³/mol. The number of phenolic OH excluding ortho intramolecular Hbond substituents is 1. The maximum atomic E-state index is 9.48. The number of aromatic hydroxyl groups is 1. The highest BCUT2D eigenvalue weighted by atomic mass is 35.5. The zero-order valence-corrected chi connectivity index (χ0v) is 12.1. The molecule has 0 amide bonds. The van der Waals surface area contributed by atoms with Gasteiger partial charge in [0.05, 0.1) is 4.34 Å². The lowest BCUT2D eigenvalue weighted by Gasteiger charge is -2.13. The number of hydrogen-bond donors (Lipinski definition) is 2. The van der Waals surface area contributed by atoms with Crippen LogP contribution in [-0.4, -0.2) is 11.7 Å². The average Bonchev–Trinajstić information content (AvgIpc) is 2.96. The summed E-state index contributed by atoms with van der Waals surface area (Å²) in [5.74, 6) is 0.368. The summed E-state index contributed by atoms with van der Waals surface area (Å²) in [5, 5.41) is 13.1. The zero-order valence-electron chi connectivity index (χ0n) is 10.5. The van der Waals surface area contributed by atoms with Crippen LogP contribution in [0, 0.1) is 0 Å². The zero-order chi connectivity index (χ0) is 13.2. The van der Waals surface area contributed by atoms with Crippen LogP contribution in [0.3, 0.4) is 0 Å². The van der Waals surface area contributed by atoms with E-state index in [0.717, 1.165) is 30.1 Å². The Balaban J connectivity index is 1.58. The van der Waals surface area contributed by atoms with E-state index >= 15 is 0 Å². The van der Waals surface area contributed by atoms with E-state index in [-0.39, 0.29) is 0 Å². The molecule has 1 aliphatic rings. The topological polar surface area (TPSA) is 32.3 Å². The van der Waals surface area contributed by atoms with Gasteiger partial charge in [-0.3, -0.25) is 0 Å². The first-order chi connectivity index (χ1) is 9.22. The lowest BCUT2D eigenvalue weighted by molar-refractivity contribution is 0.474. The van der Waals surface area contributed by atoms with Crippen molar-refractivity contribution in [2.75, 3.05) is 6.54 Å². The molecular formula is C15H16ClNOS. The van der Waals surface area contributed by atoms with Crippen LogP contribution in [-0.2, 0) is 12.8 Å². The maximum absolute atomic E-state index is 9.48. The largest absolute Gasteiger partial charge is 0.508 e. The van der Waals surface area contributed by atoms with Crippen LogP contribution < -0.4 is 5.32 Å².